The number of carbonyl (C=O) groups is 2. The second-order valence-corrected chi connectivity index (χ2v) is 10.5. The molecule has 2 fully saturated rings. The highest BCUT2D eigenvalue weighted by Gasteiger charge is 2.45. The summed E-state index contributed by atoms with van der Waals surface area (Å²) >= 11 is 0. The molecule has 1 N–H and O–H groups in total. The number of aliphatic hydroxyl groups is 1. The summed E-state index contributed by atoms with van der Waals surface area (Å²) in [6.07, 6.45) is 2.62. The third-order valence-electron chi connectivity index (χ3n) is 6.34. The van der Waals surface area contributed by atoms with E-state index in [-0.39, 0.29) is 29.2 Å². The van der Waals surface area contributed by atoms with Crippen LogP contribution in [0.15, 0.2) is 59.0 Å². The zero-order valence-electron chi connectivity index (χ0n) is 19.3. The summed E-state index contributed by atoms with van der Waals surface area (Å²) in [5, 5.41) is 11.1. The third-order valence-corrected chi connectivity index (χ3v) is 8.26. The van der Waals surface area contributed by atoms with Gasteiger partial charge in [0.25, 0.3) is 11.7 Å². The lowest BCUT2D eigenvalue weighted by Gasteiger charge is -2.26. The number of halogens is 1. The predicted octanol–water partition coefficient (Wildman–Crippen LogP) is 3.07. The molecule has 1 amide bonds. The average molecular weight is 503 g/mol. The summed E-state index contributed by atoms with van der Waals surface area (Å²) in [6.45, 7) is 1.18. The molecule has 0 saturated carbocycles. The highest BCUT2D eigenvalue weighted by Crippen LogP contribution is 2.39. The minimum absolute atomic E-state index is 0.0894. The lowest BCUT2D eigenvalue weighted by molar-refractivity contribution is -0.140. The van der Waals surface area contributed by atoms with E-state index in [0.29, 0.717) is 18.7 Å². The van der Waals surface area contributed by atoms with Crippen molar-refractivity contribution in [3.8, 4) is 0 Å². The van der Waals surface area contributed by atoms with Gasteiger partial charge >= 0.3 is 0 Å². The fraction of sp³-hybridized carbons (Fsp3) is 0.360. The number of likely N-dealkylation sites (tertiary alicyclic amines) is 1. The molecule has 2 aliphatic heterocycles. The summed E-state index contributed by atoms with van der Waals surface area (Å²) < 4.78 is 45.9. The van der Waals surface area contributed by atoms with Crippen LogP contribution in [0.2, 0.25) is 0 Å². The van der Waals surface area contributed by atoms with Crippen LogP contribution >= 0.6 is 0 Å². The molecule has 0 bridgehead atoms. The van der Waals surface area contributed by atoms with Gasteiger partial charge in [0.15, 0.2) is 0 Å². The number of ketones is 1. The largest absolute Gasteiger partial charge is 0.507 e. The van der Waals surface area contributed by atoms with E-state index in [1.54, 1.807) is 0 Å². The minimum atomic E-state index is -3.66. The molecule has 8 nitrogen and oxygen atoms in total. The standard InChI is InChI=1S/C25H27FN2O6S/c1-34-16-15-28-22(17-5-9-19(26)10-6-17)21(24(30)25(28)31)23(29)18-7-11-20(12-8-18)35(32,33)27-13-3-2-4-14-27/h5-12,22,29H,2-4,13-16H2,1H3/b23-21-. The monoisotopic (exact) mass is 502 g/mol. The van der Waals surface area contributed by atoms with E-state index in [4.69, 9.17) is 4.74 Å². The van der Waals surface area contributed by atoms with Crippen molar-refractivity contribution >= 4 is 27.5 Å². The molecule has 0 radical (unpaired) electrons. The molecule has 1 atom stereocenters. The molecule has 2 aromatic rings. The first-order chi connectivity index (χ1) is 16.8. The number of Topliss-reactive ketones (excluding diaryl/α,β-unsaturated/α-hetero) is 1. The Morgan fingerprint density at radius 3 is 2.26 bits per heavy atom. The Kier molecular flexibility index (Phi) is 7.34. The molecular weight excluding hydrogens is 475 g/mol. The maximum atomic E-state index is 13.5. The number of methoxy groups -OCH3 is 1. The van der Waals surface area contributed by atoms with Gasteiger partial charge in [-0.2, -0.15) is 4.31 Å². The summed E-state index contributed by atoms with van der Waals surface area (Å²) in [4.78, 5) is 27.1. The van der Waals surface area contributed by atoms with Gasteiger partial charge in [0.1, 0.15) is 11.6 Å². The Morgan fingerprint density at radius 2 is 1.66 bits per heavy atom. The van der Waals surface area contributed by atoms with Crippen molar-refractivity contribution in [1.82, 2.24) is 9.21 Å². The van der Waals surface area contributed by atoms with Crippen molar-refractivity contribution in [3.05, 3.63) is 71.0 Å². The van der Waals surface area contributed by atoms with Crippen LogP contribution in [0.4, 0.5) is 4.39 Å². The molecule has 186 valence electrons. The lowest BCUT2D eigenvalue weighted by Crippen LogP contribution is -2.35. The zero-order chi connectivity index (χ0) is 25.2. The van der Waals surface area contributed by atoms with E-state index < -0.39 is 39.3 Å². The molecule has 0 aliphatic carbocycles. The second kappa shape index (κ2) is 10.3. The molecule has 0 aromatic heterocycles. The van der Waals surface area contributed by atoms with Crippen LogP contribution < -0.4 is 0 Å². The van der Waals surface area contributed by atoms with Gasteiger partial charge in [-0.05, 0) is 54.8 Å². The van der Waals surface area contributed by atoms with Crippen molar-refractivity contribution in [2.45, 2.75) is 30.2 Å². The number of aliphatic hydroxyl groups excluding tert-OH is 1. The molecule has 2 aliphatic rings. The van der Waals surface area contributed by atoms with Crippen LogP contribution in [0.25, 0.3) is 5.76 Å². The topological polar surface area (TPSA) is 104 Å². The molecule has 0 spiro atoms. The molecule has 2 aromatic carbocycles. The molecule has 10 heteroatoms. The number of nitrogens with zero attached hydrogens (tertiary/aromatic N) is 2. The SMILES string of the molecule is COCCN1C(=O)C(=O)/C(=C(\O)c2ccc(S(=O)(=O)N3CCCCC3)cc2)C1c1ccc(F)cc1. The van der Waals surface area contributed by atoms with E-state index in [0.717, 1.165) is 19.3 Å². The number of benzene rings is 2. The van der Waals surface area contributed by atoms with Gasteiger partial charge in [-0.3, -0.25) is 9.59 Å². The van der Waals surface area contributed by atoms with Gasteiger partial charge < -0.3 is 14.7 Å². The molecule has 2 heterocycles. The van der Waals surface area contributed by atoms with E-state index >= 15 is 0 Å². The zero-order valence-corrected chi connectivity index (χ0v) is 20.1. The van der Waals surface area contributed by atoms with Gasteiger partial charge in [0.2, 0.25) is 10.0 Å². The van der Waals surface area contributed by atoms with Crippen LogP contribution in [0.1, 0.15) is 36.4 Å². The number of sulfonamides is 1. The first kappa shape index (κ1) is 25.0. The number of hydrogen-bond acceptors (Lipinski definition) is 6. The van der Waals surface area contributed by atoms with Crippen molar-refractivity contribution in [2.24, 2.45) is 0 Å². The molecule has 2 saturated heterocycles. The first-order valence-electron chi connectivity index (χ1n) is 11.4. The fourth-order valence-electron chi connectivity index (χ4n) is 4.49. The van der Waals surface area contributed by atoms with Gasteiger partial charge in [-0.1, -0.05) is 18.6 Å². The lowest BCUT2D eigenvalue weighted by atomic mass is 9.95. The smallest absolute Gasteiger partial charge is 0.295 e. The Labute approximate surface area is 203 Å². The van der Waals surface area contributed by atoms with Crippen LogP contribution in [0.5, 0.6) is 0 Å². The third kappa shape index (κ3) is 4.86. The number of ether oxygens (including phenoxy) is 1. The normalized spacial score (nSPS) is 21.0. The second-order valence-electron chi connectivity index (χ2n) is 8.53. The predicted molar refractivity (Wildman–Crippen MR) is 126 cm³/mol. The highest BCUT2D eigenvalue weighted by molar-refractivity contribution is 7.89. The van der Waals surface area contributed by atoms with Crippen molar-refractivity contribution < 1.29 is 32.2 Å². The first-order valence-corrected chi connectivity index (χ1v) is 12.8. The number of hydrogen-bond donors (Lipinski definition) is 1. The molecule has 35 heavy (non-hydrogen) atoms. The van der Waals surface area contributed by atoms with Gasteiger partial charge in [0, 0.05) is 32.3 Å². The summed E-state index contributed by atoms with van der Waals surface area (Å²) in [7, 11) is -2.20. The van der Waals surface area contributed by atoms with Crippen LogP contribution in [0.3, 0.4) is 0 Å². The quantitative estimate of drug-likeness (QED) is 0.355. The van der Waals surface area contributed by atoms with Crippen LogP contribution in [0, 0.1) is 5.82 Å². The van der Waals surface area contributed by atoms with Gasteiger partial charge in [-0.15, -0.1) is 0 Å². The van der Waals surface area contributed by atoms with Crippen LogP contribution in [-0.2, 0) is 24.3 Å². The number of piperidine rings is 1. The van der Waals surface area contributed by atoms with Crippen LogP contribution in [-0.4, -0.2) is 67.8 Å². The van der Waals surface area contributed by atoms with E-state index in [1.807, 2.05) is 0 Å². The Hall–Kier alpha value is -3.08. The van der Waals surface area contributed by atoms with E-state index in [1.165, 1.54) is 64.8 Å². The van der Waals surface area contributed by atoms with Crippen molar-refractivity contribution in [1.29, 1.82) is 0 Å². The fourth-order valence-corrected chi connectivity index (χ4v) is 6.00. The Balaban J connectivity index is 1.73. The van der Waals surface area contributed by atoms with Crippen molar-refractivity contribution in [3.63, 3.8) is 0 Å². The Morgan fingerprint density at radius 1 is 1.03 bits per heavy atom. The Bertz CT molecular complexity index is 1240. The van der Waals surface area contributed by atoms with E-state index in [9.17, 15) is 27.5 Å². The summed E-state index contributed by atoms with van der Waals surface area (Å²) in [5.41, 5.74) is 0.497. The van der Waals surface area contributed by atoms with Gasteiger partial charge in [0.05, 0.1) is 23.1 Å². The maximum Gasteiger partial charge on any atom is 0.295 e. The number of carbonyl (C=O) groups excluding carboxylic acids is 2. The average Bonchev–Trinajstić information content (AvgIpc) is 3.13. The maximum absolute atomic E-state index is 13.5. The highest BCUT2D eigenvalue weighted by atomic mass is 32.2. The number of amides is 1. The molecule has 4 rings (SSSR count). The van der Waals surface area contributed by atoms with Crippen molar-refractivity contribution in [2.75, 3.05) is 33.4 Å². The summed E-state index contributed by atoms with van der Waals surface area (Å²) in [6, 6.07) is 9.98. The van der Waals surface area contributed by atoms with E-state index in [2.05, 4.69) is 0 Å². The minimum Gasteiger partial charge on any atom is -0.507 e. The molecule has 1 unspecified atom stereocenters. The molecular formula is C25H27FN2O6S. The summed E-state index contributed by atoms with van der Waals surface area (Å²) in [5.74, 6) is -2.59. The number of rotatable bonds is 7. The van der Waals surface area contributed by atoms with Gasteiger partial charge in [-0.25, -0.2) is 12.8 Å².